The molecule has 0 bridgehead atoms. The average molecular weight is 440 g/mol. The summed E-state index contributed by atoms with van der Waals surface area (Å²) in [5, 5.41) is 3.08. The highest BCUT2D eigenvalue weighted by Crippen LogP contribution is 2.37. The quantitative estimate of drug-likeness (QED) is 0.485. The lowest BCUT2D eigenvalue weighted by Crippen LogP contribution is -2.58. The predicted molar refractivity (Wildman–Crippen MR) is 109 cm³/mol. The molecule has 2 heterocycles. The Balaban J connectivity index is 2.28. The molecule has 2 aliphatic rings. The van der Waals surface area contributed by atoms with Crippen molar-refractivity contribution in [3.8, 4) is 0 Å². The average Bonchev–Trinajstić information content (AvgIpc) is 3.03. The third-order valence-electron chi connectivity index (χ3n) is 4.35. The molecule has 1 N–H and O–H groups in total. The van der Waals surface area contributed by atoms with Gasteiger partial charge in [0.15, 0.2) is 5.79 Å². The number of carbonyl (C=O) groups is 1. The highest BCUT2D eigenvalue weighted by Gasteiger charge is 2.46. The molecule has 164 valence electrons. The summed E-state index contributed by atoms with van der Waals surface area (Å²) in [6, 6.07) is -0.280. The zero-order valence-corrected chi connectivity index (χ0v) is 18.9. The Morgan fingerprint density at radius 3 is 2.36 bits per heavy atom. The molecule has 10 heteroatoms. The van der Waals surface area contributed by atoms with E-state index >= 15 is 0 Å². The Morgan fingerprint density at radius 2 is 1.82 bits per heavy atom. The van der Waals surface area contributed by atoms with E-state index < -0.39 is 18.0 Å². The van der Waals surface area contributed by atoms with Gasteiger partial charge in [-0.15, -0.1) is 23.5 Å². The maximum absolute atomic E-state index is 12.0. The fraction of sp³-hybridized carbons (Fsp3) is 0.944. The van der Waals surface area contributed by atoms with Crippen molar-refractivity contribution in [1.82, 2.24) is 5.32 Å². The summed E-state index contributed by atoms with van der Waals surface area (Å²) in [6.45, 7) is 5.77. The van der Waals surface area contributed by atoms with Crippen molar-refractivity contribution in [1.29, 1.82) is 0 Å². The van der Waals surface area contributed by atoms with Gasteiger partial charge in [-0.3, -0.25) is 4.79 Å². The molecule has 2 rings (SSSR count). The highest BCUT2D eigenvalue weighted by molar-refractivity contribution is 8.17. The molecule has 1 amide bonds. The van der Waals surface area contributed by atoms with Crippen LogP contribution in [0.15, 0.2) is 0 Å². The Hall–Kier alpha value is -0.0700. The third kappa shape index (κ3) is 7.32. The summed E-state index contributed by atoms with van der Waals surface area (Å²) < 4.78 is 34.3. The normalized spacial score (nSPS) is 26.0. The standard InChI is InChI=1S/C18H33NO7S2/c1-12(20)19-14(17-27-7-6-8-28-17)16(24-11-22-5)15(23-10-21-4)13-9-25-18(2,3)26-13/h13-17H,6-11H2,1-5H3,(H,19,20)/t13-,14-,15-,16-/m1/s1. The second kappa shape index (κ2) is 11.9. The van der Waals surface area contributed by atoms with E-state index in [1.807, 2.05) is 37.4 Å². The van der Waals surface area contributed by atoms with Gasteiger partial charge in [0.05, 0.1) is 17.2 Å². The number of rotatable bonds is 11. The molecule has 0 unspecified atom stereocenters. The van der Waals surface area contributed by atoms with Gasteiger partial charge in [0, 0.05) is 21.1 Å². The number of carbonyl (C=O) groups excluding carboxylic acids is 1. The molecular formula is C18H33NO7S2. The van der Waals surface area contributed by atoms with Crippen LogP contribution in [0.3, 0.4) is 0 Å². The first kappa shape index (κ1) is 24.2. The minimum atomic E-state index is -0.705. The summed E-state index contributed by atoms with van der Waals surface area (Å²) in [5.74, 6) is 1.27. The summed E-state index contributed by atoms with van der Waals surface area (Å²) in [4.78, 5) is 12.0. The van der Waals surface area contributed by atoms with Gasteiger partial charge in [-0.1, -0.05) is 0 Å². The van der Waals surface area contributed by atoms with Gasteiger partial charge in [-0.25, -0.2) is 0 Å². The first-order chi connectivity index (χ1) is 13.4. The van der Waals surface area contributed by atoms with E-state index in [-0.39, 0.29) is 36.2 Å². The van der Waals surface area contributed by atoms with Gasteiger partial charge in [0.1, 0.15) is 31.9 Å². The maximum Gasteiger partial charge on any atom is 0.217 e. The SMILES string of the molecule is COCO[C@@H]([C@H](OCOC)[C@@H](NC(C)=O)C1SCCCS1)[C@H]1COC(C)(C)O1. The zero-order valence-electron chi connectivity index (χ0n) is 17.3. The largest absolute Gasteiger partial charge is 0.359 e. The Bertz CT molecular complexity index is 477. The van der Waals surface area contributed by atoms with E-state index in [9.17, 15) is 4.79 Å². The van der Waals surface area contributed by atoms with Crippen LogP contribution in [0.4, 0.5) is 0 Å². The molecule has 0 aromatic rings. The Morgan fingerprint density at radius 1 is 1.18 bits per heavy atom. The van der Waals surface area contributed by atoms with Crippen LogP contribution in [0.25, 0.3) is 0 Å². The van der Waals surface area contributed by atoms with E-state index in [0.717, 1.165) is 17.9 Å². The molecule has 0 aromatic carbocycles. The zero-order chi connectivity index (χ0) is 20.6. The predicted octanol–water partition coefficient (Wildman–Crippen LogP) is 1.82. The second-order valence-corrected chi connectivity index (χ2v) is 9.93. The Labute approximate surface area is 176 Å². The molecule has 8 nitrogen and oxygen atoms in total. The van der Waals surface area contributed by atoms with E-state index in [1.165, 1.54) is 6.92 Å². The first-order valence-electron chi connectivity index (χ1n) is 9.41. The number of nitrogens with one attached hydrogen (secondary N) is 1. The van der Waals surface area contributed by atoms with Gasteiger partial charge in [-0.05, 0) is 31.8 Å². The van der Waals surface area contributed by atoms with Gasteiger partial charge in [-0.2, -0.15) is 0 Å². The minimum Gasteiger partial charge on any atom is -0.359 e. The van der Waals surface area contributed by atoms with Crippen LogP contribution < -0.4 is 5.32 Å². The fourth-order valence-corrected chi connectivity index (χ4v) is 6.33. The van der Waals surface area contributed by atoms with Crippen molar-refractivity contribution in [2.45, 2.75) is 61.9 Å². The monoisotopic (exact) mass is 439 g/mol. The van der Waals surface area contributed by atoms with E-state index in [0.29, 0.717) is 6.61 Å². The molecule has 0 radical (unpaired) electrons. The molecule has 28 heavy (non-hydrogen) atoms. The lowest BCUT2D eigenvalue weighted by Gasteiger charge is -2.40. The molecule has 2 saturated heterocycles. The van der Waals surface area contributed by atoms with Crippen LogP contribution in [-0.4, -0.2) is 86.5 Å². The fourth-order valence-electron chi connectivity index (χ4n) is 3.24. The molecule has 0 spiro atoms. The summed E-state index contributed by atoms with van der Waals surface area (Å²) in [7, 11) is 3.13. The molecular weight excluding hydrogens is 406 g/mol. The van der Waals surface area contributed by atoms with Crippen LogP contribution in [0.1, 0.15) is 27.2 Å². The number of hydrogen-bond acceptors (Lipinski definition) is 9. The van der Waals surface area contributed by atoms with E-state index in [4.69, 9.17) is 28.4 Å². The van der Waals surface area contributed by atoms with Crippen LogP contribution in [0.5, 0.6) is 0 Å². The molecule has 0 saturated carbocycles. The number of hydrogen-bond donors (Lipinski definition) is 1. The molecule has 0 aliphatic carbocycles. The van der Waals surface area contributed by atoms with Crippen molar-refractivity contribution < 1.29 is 33.2 Å². The maximum atomic E-state index is 12.0. The topological polar surface area (TPSA) is 84.5 Å². The summed E-state index contributed by atoms with van der Waals surface area (Å²) in [5.41, 5.74) is 0. The first-order valence-corrected chi connectivity index (χ1v) is 11.5. The van der Waals surface area contributed by atoms with Gasteiger partial charge in [0.25, 0.3) is 0 Å². The number of ether oxygens (including phenoxy) is 6. The van der Waals surface area contributed by atoms with Crippen LogP contribution >= 0.6 is 23.5 Å². The molecule has 2 fully saturated rings. The third-order valence-corrected chi connectivity index (χ3v) is 7.46. The molecule has 0 aromatic heterocycles. The van der Waals surface area contributed by atoms with Gasteiger partial charge in [0.2, 0.25) is 5.91 Å². The minimum absolute atomic E-state index is 0.0760. The van der Waals surface area contributed by atoms with Crippen molar-refractivity contribution >= 4 is 29.4 Å². The Kier molecular flexibility index (Phi) is 10.3. The summed E-state index contributed by atoms with van der Waals surface area (Å²) in [6.07, 6.45) is -0.206. The summed E-state index contributed by atoms with van der Waals surface area (Å²) >= 11 is 3.65. The number of thioether (sulfide) groups is 2. The second-order valence-electron chi connectivity index (χ2n) is 7.13. The number of amides is 1. The molecule has 4 atom stereocenters. The van der Waals surface area contributed by atoms with Crippen molar-refractivity contribution in [3.63, 3.8) is 0 Å². The van der Waals surface area contributed by atoms with E-state index in [2.05, 4.69) is 5.32 Å². The number of methoxy groups -OCH3 is 2. The highest BCUT2D eigenvalue weighted by atomic mass is 32.2. The van der Waals surface area contributed by atoms with Crippen molar-refractivity contribution in [2.75, 3.05) is 45.9 Å². The lowest BCUT2D eigenvalue weighted by atomic mass is 10.0. The van der Waals surface area contributed by atoms with Gasteiger partial charge >= 0.3 is 0 Å². The van der Waals surface area contributed by atoms with E-state index in [1.54, 1.807) is 14.2 Å². The lowest BCUT2D eigenvalue weighted by molar-refractivity contribution is -0.210. The van der Waals surface area contributed by atoms with Crippen molar-refractivity contribution in [3.05, 3.63) is 0 Å². The van der Waals surface area contributed by atoms with Crippen LogP contribution in [-0.2, 0) is 33.2 Å². The van der Waals surface area contributed by atoms with Gasteiger partial charge < -0.3 is 33.7 Å². The molecule has 2 aliphatic heterocycles. The van der Waals surface area contributed by atoms with Crippen LogP contribution in [0.2, 0.25) is 0 Å². The van der Waals surface area contributed by atoms with Crippen LogP contribution in [0, 0.1) is 0 Å². The van der Waals surface area contributed by atoms with Crippen molar-refractivity contribution in [2.24, 2.45) is 0 Å². The smallest absolute Gasteiger partial charge is 0.217 e.